The van der Waals surface area contributed by atoms with Gasteiger partial charge in [-0.1, -0.05) is 23.7 Å². The highest BCUT2D eigenvalue weighted by Crippen LogP contribution is 2.23. The molecule has 0 aliphatic carbocycles. The number of aldehydes is 1. The molecule has 0 saturated heterocycles. The number of aryl methyl sites for hydroxylation is 1. The third-order valence-electron chi connectivity index (χ3n) is 1.88. The van der Waals surface area contributed by atoms with Crippen LogP contribution in [0, 0.1) is 6.92 Å². The highest BCUT2D eigenvalue weighted by Gasteiger charge is 2.17. The van der Waals surface area contributed by atoms with Gasteiger partial charge in [-0.2, -0.15) is 0 Å². The van der Waals surface area contributed by atoms with E-state index in [9.17, 15) is 9.59 Å². The second-order valence-electron chi connectivity index (χ2n) is 2.77. The molecule has 0 bridgehead atoms. The van der Waals surface area contributed by atoms with E-state index in [-0.39, 0.29) is 16.1 Å². The first-order valence-electron chi connectivity index (χ1n) is 3.94. The average Bonchev–Trinajstić information content (AvgIpc) is 2.20. The van der Waals surface area contributed by atoms with Crippen molar-refractivity contribution in [2.45, 2.75) is 6.92 Å². The Balaban J connectivity index is 3.42. The van der Waals surface area contributed by atoms with Gasteiger partial charge in [0.25, 0.3) is 0 Å². The number of ether oxygens (including phenoxy) is 1. The average molecular weight is 213 g/mol. The van der Waals surface area contributed by atoms with Crippen molar-refractivity contribution in [2.75, 3.05) is 7.11 Å². The van der Waals surface area contributed by atoms with Crippen LogP contribution in [0.2, 0.25) is 5.02 Å². The molecule has 0 aromatic heterocycles. The normalized spacial score (nSPS) is 9.64. The van der Waals surface area contributed by atoms with Gasteiger partial charge >= 0.3 is 5.97 Å². The van der Waals surface area contributed by atoms with Crippen molar-refractivity contribution in [3.8, 4) is 0 Å². The molecule has 0 saturated carbocycles. The summed E-state index contributed by atoms with van der Waals surface area (Å²) in [7, 11) is 1.25. The zero-order chi connectivity index (χ0) is 10.7. The van der Waals surface area contributed by atoms with Gasteiger partial charge in [-0.3, -0.25) is 4.79 Å². The second-order valence-corrected chi connectivity index (χ2v) is 3.15. The van der Waals surface area contributed by atoms with E-state index in [1.54, 1.807) is 19.1 Å². The number of carbonyl (C=O) groups excluding carboxylic acids is 2. The van der Waals surface area contributed by atoms with E-state index in [1.165, 1.54) is 7.11 Å². The number of hydrogen-bond acceptors (Lipinski definition) is 3. The summed E-state index contributed by atoms with van der Waals surface area (Å²) < 4.78 is 4.53. The van der Waals surface area contributed by atoms with Gasteiger partial charge in [-0.25, -0.2) is 4.79 Å². The first-order chi connectivity index (χ1) is 6.61. The van der Waals surface area contributed by atoms with Crippen LogP contribution in [0.4, 0.5) is 0 Å². The zero-order valence-electron chi connectivity index (χ0n) is 7.83. The monoisotopic (exact) mass is 212 g/mol. The molecule has 0 fully saturated rings. The number of methoxy groups -OCH3 is 1. The summed E-state index contributed by atoms with van der Waals surface area (Å²) in [5.41, 5.74) is 1.11. The number of hydrogen-bond donors (Lipinski definition) is 0. The fourth-order valence-corrected chi connectivity index (χ4v) is 1.35. The molecule has 0 spiro atoms. The number of benzene rings is 1. The van der Waals surface area contributed by atoms with Crippen LogP contribution in [0.5, 0.6) is 0 Å². The summed E-state index contributed by atoms with van der Waals surface area (Å²) in [4.78, 5) is 21.9. The van der Waals surface area contributed by atoms with Gasteiger partial charge < -0.3 is 4.74 Å². The van der Waals surface area contributed by atoms with Crippen LogP contribution in [-0.4, -0.2) is 19.4 Å². The Morgan fingerprint density at radius 3 is 2.64 bits per heavy atom. The fourth-order valence-electron chi connectivity index (χ4n) is 1.10. The van der Waals surface area contributed by atoms with Gasteiger partial charge in [0.15, 0.2) is 6.29 Å². The van der Waals surface area contributed by atoms with E-state index in [0.29, 0.717) is 6.29 Å². The molecule has 0 unspecified atom stereocenters. The van der Waals surface area contributed by atoms with Gasteiger partial charge in [0.1, 0.15) is 0 Å². The highest BCUT2D eigenvalue weighted by molar-refractivity contribution is 6.35. The quantitative estimate of drug-likeness (QED) is 0.558. The van der Waals surface area contributed by atoms with Crippen LogP contribution in [0.15, 0.2) is 12.1 Å². The van der Waals surface area contributed by atoms with E-state index in [2.05, 4.69) is 4.74 Å². The van der Waals surface area contributed by atoms with Crippen LogP contribution < -0.4 is 0 Å². The molecule has 3 nitrogen and oxygen atoms in total. The molecule has 4 heteroatoms. The van der Waals surface area contributed by atoms with Gasteiger partial charge in [0.05, 0.1) is 17.7 Å². The van der Waals surface area contributed by atoms with Gasteiger partial charge in [-0.05, 0) is 12.5 Å². The fraction of sp³-hybridized carbons (Fsp3) is 0.200. The largest absolute Gasteiger partial charge is 0.465 e. The Labute approximate surface area is 86.6 Å². The molecular weight excluding hydrogens is 204 g/mol. The Hall–Kier alpha value is -1.35. The standard InChI is InChI=1S/C10H9ClO3/c1-6-3-4-7(5-12)8(9(6)11)10(13)14-2/h3-5H,1-2H3. The molecular formula is C10H9ClO3. The van der Waals surface area contributed by atoms with E-state index in [4.69, 9.17) is 11.6 Å². The Morgan fingerprint density at radius 2 is 2.14 bits per heavy atom. The van der Waals surface area contributed by atoms with Crippen LogP contribution in [-0.2, 0) is 4.74 Å². The van der Waals surface area contributed by atoms with E-state index >= 15 is 0 Å². The molecule has 0 heterocycles. The van der Waals surface area contributed by atoms with Crippen molar-refractivity contribution in [1.82, 2.24) is 0 Å². The number of halogens is 1. The van der Waals surface area contributed by atoms with Crippen molar-refractivity contribution in [1.29, 1.82) is 0 Å². The van der Waals surface area contributed by atoms with Crippen LogP contribution in [0.1, 0.15) is 26.3 Å². The minimum absolute atomic E-state index is 0.129. The van der Waals surface area contributed by atoms with Crippen LogP contribution in [0.3, 0.4) is 0 Å². The Morgan fingerprint density at radius 1 is 1.50 bits per heavy atom. The van der Waals surface area contributed by atoms with E-state index in [0.717, 1.165) is 5.56 Å². The molecule has 1 rings (SSSR count). The second kappa shape index (κ2) is 4.24. The molecule has 0 aliphatic rings. The minimum Gasteiger partial charge on any atom is -0.465 e. The van der Waals surface area contributed by atoms with Crippen LogP contribution >= 0.6 is 11.6 Å². The lowest BCUT2D eigenvalue weighted by Crippen LogP contribution is -2.07. The third kappa shape index (κ3) is 1.77. The maximum Gasteiger partial charge on any atom is 0.340 e. The van der Waals surface area contributed by atoms with Crippen molar-refractivity contribution in [2.24, 2.45) is 0 Å². The maximum absolute atomic E-state index is 11.3. The Kier molecular flexibility index (Phi) is 3.25. The zero-order valence-corrected chi connectivity index (χ0v) is 8.59. The first-order valence-corrected chi connectivity index (χ1v) is 4.32. The lowest BCUT2D eigenvalue weighted by molar-refractivity contribution is 0.0598. The summed E-state index contributed by atoms with van der Waals surface area (Å²) in [5, 5.41) is 0.265. The Bertz CT molecular complexity index is 385. The summed E-state index contributed by atoms with van der Waals surface area (Å²) in [6.45, 7) is 1.75. The summed E-state index contributed by atoms with van der Waals surface area (Å²) in [5.74, 6) is -0.596. The van der Waals surface area contributed by atoms with Gasteiger partial charge in [0, 0.05) is 5.56 Å². The molecule has 14 heavy (non-hydrogen) atoms. The topological polar surface area (TPSA) is 43.4 Å². The van der Waals surface area contributed by atoms with E-state index in [1.807, 2.05) is 0 Å². The highest BCUT2D eigenvalue weighted by atomic mass is 35.5. The molecule has 0 aliphatic heterocycles. The lowest BCUT2D eigenvalue weighted by Gasteiger charge is -2.07. The molecule has 1 aromatic carbocycles. The summed E-state index contributed by atoms with van der Waals surface area (Å²) in [6, 6.07) is 3.22. The molecule has 0 amide bonds. The summed E-state index contributed by atoms with van der Waals surface area (Å²) in [6.07, 6.45) is 0.581. The molecule has 0 radical (unpaired) electrons. The molecule has 74 valence electrons. The van der Waals surface area contributed by atoms with E-state index < -0.39 is 5.97 Å². The molecule has 1 aromatic rings. The van der Waals surface area contributed by atoms with Gasteiger partial charge in [-0.15, -0.1) is 0 Å². The third-order valence-corrected chi connectivity index (χ3v) is 2.37. The molecule has 0 N–H and O–H groups in total. The first kappa shape index (κ1) is 10.7. The smallest absolute Gasteiger partial charge is 0.340 e. The predicted molar refractivity (Wildman–Crippen MR) is 52.9 cm³/mol. The van der Waals surface area contributed by atoms with Gasteiger partial charge in [0.2, 0.25) is 0 Å². The SMILES string of the molecule is COC(=O)c1c(C=O)ccc(C)c1Cl. The van der Waals surface area contributed by atoms with Crippen molar-refractivity contribution in [3.63, 3.8) is 0 Å². The predicted octanol–water partition coefficient (Wildman–Crippen LogP) is 2.25. The lowest BCUT2D eigenvalue weighted by atomic mass is 10.1. The number of esters is 1. The van der Waals surface area contributed by atoms with Crippen molar-refractivity contribution >= 4 is 23.9 Å². The maximum atomic E-state index is 11.3. The summed E-state index contributed by atoms with van der Waals surface area (Å²) >= 11 is 5.89. The number of rotatable bonds is 2. The van der Waals surface area contributed by atoms with Crippen molar-refractivity contribution < 1.29 is 14.3 Å². The minimum atomic E-state index is -0.596. The van der Waals surface area contributed by atoms with Crippen LogP contribution in [0.25, 0.3) is 0 Å². The number of carbonyl (C=O) groups is 2. The molecule has 0 atom stereocenters. The van der Waals surface area contributed by atoms with Crippen molar-refractivity contribution in [3.05, 3.63) is 33.8 Å².